The standard InChI is InChI=1S/C18H19Cl2N3O3S2/c1-22(2)28(25,26)16-10-12(8-9-14(16)20)18(24)11-27-17(23(18)3)21-15-7-5-4-6-13(15)19/h4-10,24H,11H2,1-3H3/b21-17+. The molecule has 0 radical (unpaired) electrons. The van der Waals surface area contributed by atoms with Crippen molar-refractivity contribution in [1.29, 1.82) is 0 Å². The van der Waals surface area contributed by atoms with Gasteiger partial charge >= 0.3 is 0 Å². The lowest BCUT2D eigenvalue weighted by molar-refractivity contribution is -0.0349. The monoisotopic (exact) mass is 459 g/mol. The predicted molar refractivity (Wildman–Crippen MR) is 115 cm³/mol. The van der Waals surface area contributed by atoms with Crippen LogP contribution in [-0.2, 0) is 15.7 Å². The van der Waals surface area contributed by atoms with Crippen LogP contribution in [0.3, 0.4) is 0 Å². The van der Waals surface area contributed by atoms with E-state index in [0.29, 0.717) is 21.4 Å². The molecule has 1 N–H and O–H groups in total. The van der Waals surface area contributed by atoms with Gasteiger partial charge in [-0.05, 0) is 24.3 Å². The van der Waals surface area contributed by atoms with Crippen molar-refractivity contribution in [3.8, 4) is 0 Å². The van der Waals surface area contributed by atoms with Crippen molar-refractivity contribution in [1.82, 2.24) is 9.21 Å². The molecular weight excluding hydrogens is 441 g/mol. The summed E-state index contributed by atoms with van der Waals surface area (Å²) in [6.07, 6.45) is 0. The molecule has 150 valence electrons. The zero-order valence-electron chi connectivity index (χ0n) is 15.4. The smallest absolute Gasteiger partial charge is 0.244 e. The van der Waals surface area contributed by atoms with E-state index < -0.39 is 15.7 Å². The zero-order chi connectivity index (χ0) is 20.7. The molecule has 0 aromatic heterocycles. The van der Waals surface area contributed by atoms with Gasteiger partial charge in [0.25, 0.3) is 0 Å². The van der Waals surface area contributed by atoms with E-state index in [0.717, 1.165) is 4.31 Å². The first-order chi connectivity index (χ1) is 13.1. The molecule has 1 aliphatic heterocycles. The van der Waals surface area contributed by atoms with E-state index in [1.165, 1.54) is 38.0 Å². The molecule has 1 heterocycles. The number of hydrogen-bond donors (Lipinski definition) is 1. The van der Waals surface area contributed by atoms with Crippen molar-refractivity contribution >= 4 is 55.8 Å². The molecule has 0 amide bonds. The molecule has 6 nitrogen and oxygen atoms in total. The number of sulfonamides is 1. The second-order valence-corrected chi connectivity index (χ2v) is 10.3. The molecule has 0 aliphatic carbocycles. The fraction of sp³-hybridized carbons (Fsp3) is 0.278. The van der Waals surface area contributed by atoms with Crippen LogP contribution in [0.4, 0.5) is 5.69 Å². The number of aliphatic hydroxyl groups is 1. The minimum Gasteiger partial charge on any atom is -0.366 e. The van der Waals surface area contributed by atoms with E-state index in [4.69, 9.17) is 23.2 Å². The fourth-order valence-corrected chi connectivity index (χ4v) is 5.46. The third kappa shape index (κ3) is 3.77. The normalized spacial score (nSPS) is 21.7. The summed E-state index contributed by atoms with van der Waals surface area (Å²) in [6.45, 7) is 0. The molecule has 2 aromatic rings. The van der Waals surface area contributed by atoms with Gasteiger partial charge in [-0.3, -0.25) is 0 Å². The van der Waals surface area contributed by atoms with Gasteiger partial charge in [-0.15, -0.1) is 0 Å². The van der Waals surface area contributed by atoms with Gasteiger partial charge in [-0.2, -0.15) is 0 Å². The molecule has 3 rings (SSSR count). The first-order valence-corrected chi connectivity index (χ1v) is 11.4. The minimum atomic E-state index is -3.75. The van der Waals surface area contributed by atoms with Crippen LogP contribution < -0.4 is 0 Å². The summed E-state index contributed by atoms with van der Waals surface area (Å²) in [7, 11) is 0.804. The van der Waals surface area contributed by atoms with Crippen LogP contribution in [0, 0.1) is 0 Å². The van der Waals surface area contributed by atoms with Gasteiger partial charge in [-0.25, -0.2) is 17.7 Å². The van der Waals surface area contributed by atoms with E-state index >= 15 is 0 Å². The van der Waals surface area contributed by atoms with Gasteiger partial charge in [0.2, 0.25) is 10.0 Å². The maximum atomic E-state index is 12.6. The number of amidine groups is 1. The molecule has 0 spiro atoms. The lowest BCUT2D eigenvalue weighted by Crippen LogP contribution is -2.42. The Labute approximate surface area is 178 Å². The number of hydrogen-bond acceptors (Lipinski definition) is 5. The van der Waals surface area contributed by atoms with E-state index in [-0.39, 0.29) is 15.7 Å². The van der Waals surface area contributed by atoms with Gasteiger partial charge in [0, 0.05) is 26.7 Å². The summed E-state index contributed by atoms with van der Waals surface area (Å²) in [5, 5.41) is 12.5. The van der Waals surface area contributed by atoms with Crippen LogP contribution in [0.1, 0.15) is 5.56 Å². The van der Waals surface area contributed by atoms with Crippen molar-refractivity contribution in [2.24, 2.45) is 4.99 Å². The SMILES string of the molecule is CN1/C(=N\c2ccccc2Cl)SCC1(O)c1ccc(Cl)c(S(=O)(=O)N(C)C)c1. The predicted octanol–water partition coefficient (Wildman–Crippen LogP) is 3.76. The highest BCUT2D eigenvalue weighted by Crippen LogP contribution is 2.41. The number of benzene rings is 2. The van der Waals surface area contributed by atoms with Crippen LogP contribution >= 0.6 is 35.0 Å². The summed E-state index contributed by atoms with van der Waals surface area (Å²) in [5.41, 5.74) is -0.433. The molecule has 1 unspecified atom stereocenters. The molecule has 10 heteroatoms. The molecule has 1 fully saturated rings. The molecule has 1 atom stereocenters. The Morgan fingerprint density at radius 3 is 2.50 bits per heavy atom. The van der Waals surface area contributed by atoms with Gasteiger partial charge in [-0.1, -0.05) is 53.2 Å². The van der Waals surface area contributed by atoms with Crippen LogP contribution in [0.5, 0.6) is 0 Å². The fourth-order valence-electron chi connectivity index (χ4n) is 2.69. The van der Waals surface area contributed by atoms with Crippen molar-refractivity contribution in [3.63, 3.8) is 0 Å². The van der Waals surface area contributed by atoms with E-state index in [2.05, 4.69) is 4.99 Å². The van der Waals surface area contributed by atoms with Crippen LogP contribution in [-0.4, -0.2) is 54.8 Å². The number of para-hydroxylation sites is 1. The second kappa shape index (κ2) is 7.85. The third-order valence-corrected chi connectivity index (χ3v) is 8.25. The Morgan fingerprint density at radius 1 is 1.18 bits per heavy atom. The van der Waals surface area contributed by atoms with E-state index in [1.54, 1.807) is 30.1 Å². The van der Waals surface area contributed by atoms with Crippen molar-refractivity contribution < 1.29 is 13.5 Å². The lowest BCUT2D eigenvalue weighted by atomic mass is 10.0. The van der Waals surface area contributed by atoms with Crippen molar-refractivity contribution in [3.05, 3.63) is 58.1 Å². The largest absolute Gasteiger partial charge is 0.366 e. The molecule has 2 aromatic carbocycles. The highest BCUT2D eigenvalue weighted by Gasteiger charge is 2.43. The first kappa shape index (κ1) is 21.4. The quantitative estimate of drug-likeness (QED) is 0.753. The molecule has 28 heavy (non-hydrogen) atoms. The molecule has 1 saturated heterocycles. The highest BCUT2D eigenvalue weighted by molar-refractivity contribution is 8.14. The number of rotatable bonds is 4. The second-order valence-electron chi connectivity index (χ2n) is 6.44. The van der Waals surface area contributed by atoms with E-state index in [1.807, 2.05) is 12.1 Å². The summed E-state index contributed by atoms with van der Waals surface area (Å²) in [6, 6.07) is 11.7. The van der Waals surface area contributed by atoms with Gasteiger partial charge in [0.05, 0.1) is 21.5 Å². The summed E-state index contributed by atoms with van der Waals surface area (Å²) in [4.78, 5) is 6.09. The van der Waals surface area contributed by atoms with E-state index in [9.17, 15) is 13.5 Å². The summed E-state index contributed by atoms with van der Waals surface area (Å²) >= 11 is 13.6. The number of nitrogens with zero attached hydrogens (tertiary/aromatic N) is 3. The Bertz CT molecular complexity index is 1040. The average molecular weight is 460 g/mol. The Morgan fingerprint density at radius 2 is 1.86 bits per heavy atom. The van der Waals surface area contributed by atoms with Crippen LogP contribution in [0.2, 0.25) is 10.0 Å². The minimum absolute atomic E-state index is 0.0556. The topological polar surface area (TPSA) is 73.2 Å². The highest BCUT2D eigenvalue weighted by atomic mass is 35.5. The summed E-state index contributed by atoms with van der Waals surface area (Å²) in [5.74, 6) is 0.274. The van der Waals surface area contributed by atoms with Crippen molar-refractivity contribution in [2.75, 3.05) is 26.9 Å². The van der Waals surface area contributed by atoms with Crippen LogP contribution in [0.15, 0.2) is 52.4 Å². The molecule has 0 saturated carbocycles. The molecule has 1 aliphatic rings. The Hall–Kier alpha value is -1.29. The number of halogens is 2. The zero-order valence-corrected chi connectivity index (χ0v) is 18.6. The lowest BCUT2D eigenvalue weighted by Gasteiger charge is -2.31. The average Bonchev–Trinajstić information content (AvgIpc) is 2.93. The van der Waals surface area contributed by atoms with Gasteiger partial charge in [0.1, 0.15) is 4.90 Å². The molecule has 0 bridgehead atoms. The summed E-state index contributed by atoms with van der Waals surface area (Å²) < 4.78 is 26.2. The van der Waals surface area contributed by atoms with Gasteiger partial charge < -0.3 is 10.0 Å². The number of aliphatic imine (C=N–C) groups is 1. The van der Waals surface area contributed by atoms with Crippen LogP contribution in [0.25, 0.3) is 0 Å². The Kier molecular flexibility index (Phi) is 6.01. The Balaban J connectivity index is 2.02. The number of thioether (sulfide) groups is 1. The maximum Gasteiger partial charge on any atom is 0.244 e. The third-order valence-electron chi connectivity index (χ3n) is 4.47. The first-order valence-electron chi connectivity index (χ1n) is 8.22. The molecular formula is C18H19Cl2N3O3S2. The maximum absolute atomic E-state index is 12.6. The van der Waals surface area contributed by atoms with Crippen molar-refractivity contribution in [2.45, 2.75) is 10.6 Å². The van der Waals surface area contributed by atoms with Gasteiger partial charge in [0.15, 0.2) is 10.9 Å².